The molecule has 1 aromatic carbocycles. The van der Waals surface area contributed by atoms with E-state index in [4.69, 9.17) is 0 Å². The predicted molar refractivity (Wildman–Crippen MR) is 79.1 cm³/mol. The Kier molecular flexibility index (Phi) is 5.73. The molecule has 1 unspecified atom stereocenters. The van der Waals surface area contributed by atoms with Crippen molar-refractivity contribution >= 4 is 17.7 Å². The topological polar surface area (TPSA) is 29.1 Å². The Morgan fingerprint density at radius 2 is 1.89 bits per heavy atom. The van der Waals surface area contributed by atoms with E-state index in [-0.39, 0.29) is 11.2 Å². The van der Waals surface area contributed by atoms with E-state index in [1.54, 1.807) is 11.8 Å². The molecule has 0 heterocycles. The zero-order valence-electron chi connectivity index (χ0n) is 11.9. The molecule has 0 spiro atoms. The number of thioether (sulfide) groups is 1. The molecule has 0 fully saturated rings. The molecule has 0 aliphatic heterocycles. The van der Waals surface area contributed by atoms with Crippen LogP contribution in [0.1, 0.15) is 31.9 Å². The van der Waals surface area contributed by atoms with Crippen molar-refractivity contribution in [3.05, 3.63) is 29.3 Å². The monoisotopic (exact) mass is 265 g/mol. The molecule has 3 heteroatoms. The van der Waals surface area contributed by atoms with Crippen LogP contribution in [0.25, 0.3) is 0 Å². The maximum absolute atomic E-state index is 11.9. The van der Waals surface area contributed by atoms with Crippen LogP contribution in [0.3, 0.4) is 0 Å². The highest BCUT2D eigenvalue weighted by Gasteiger charge is 2.14. The van der Waals surface area contributed by atoms with Crippen LogP contribution in [0.4, 0.5) is 0 Å². The number of hydrogen-bond donors (Lipinski definition) is 1. The van der Waals surface area contributed by atoms with Gasteiger partial charge in [-0.25, -0.2) is 0 Å². The van der Waals surface area contributed by atoms with E-state index in [1.165, 1.54) is 11.1 Å². The Morgan fingerprint density at radius 3 is 2.44 bits per heavy atom. The minimum atomic E-state index is -0.0501. The SMILES string of the molecule is Cc1ccc(SC(C)C(=O)NCC(C)C)cc1C. The van der Waals surface area contributed by atoms with Gasteiger partial charge in [0.1, 0.15) is 0 Å². The van der Waals surface area contributed by atoms with Crippen LogP contribution in [-0.4, -0.2) is 17.7 Å². The molecule has 1 N–H and O–H groups in total. The summed E-state index contributed by atoms with van der Waals surface area (Å²) in [6, 6.07) is 6.34. The molecular weight excluding hydrogens is 242 g/mol. The van der Waals surface area contributed by atoms with Gasteiger partial charge in [0, 0.05) is 11.4 Å². The number of carbonyl (C=O) groups excluding carboxylic acids is 1. The van der Waals surface area contributed by atoms with Gasteiger partial charge in [0.05, 0.1) is 5.25 Å². The average Bonchev–Trinajstić information content (AvgIpc) is 2.30. The molecule has 1 atom stereocenters. The summed E-state index contributed by atoms with van der Waals surface area (Å²) in [6.07, 6.45) is 0. The minimum absolute atomic E-state index is 0.0501. The summed E-state index contributed by atoms with van der Waals surface area (Å²) in [7, 11) is 0. The first-order chi connectivity index (χ1) is 8.40. The van der Waals surface area contributed by atoms with Crippen molar-refractivity contribution in [3.8, 4) is 0 Å². The second-order valence-corrected chi connectivity index (χ2v) is 6.56. The predicted octanol–water partition coefficient (Wildman–Crippen LogP) is 3.56. The van der Waals surface area contributed by atoms with Crippen LogP contribution < -0.4 is 5.32 Å². The lowest BCUT2D eigenvalue weighted by atomic mass is 10.1. The normalized spacial score (nSPS) is 12.6. The number of benzene rings is 1. The Labute approximate surface area is 115 Å². The first kappa shape index (κ1) is 15.1. The van der Waals surface area contributed by atoms with Crippen LogP contribution in [0.2, 0.25) is 0 Å². The summed E-state index contributed by atoms with van der Waals surface area (Å²) in [5, 5.41) is 2.92. The Hall–Kier alpha value is -0.960. The van der Waals surface area contributed by atoms with Gasteiger partial charge >= 0.3 is 0 Å². The van der Waals surface area contributed by atoms with Gasteiger partial charge in [-0.2, -0.15) is 0 Å². The summed E-state index contributed by atoms with van der Waals surface area (Å²) in [6.45, 7) is 11.1. The number of amides is 1. The zero-order valence-corrected chi connectivity index (χ0v) is 12.7. The lowest BCUT2D eigenvalue weighted by Gasteiger charge is -2.14. The Bertz CT molecular complexity index is 415. The maximum atomic E-state index is 11.9. The zero-order chi connectivity index (χ0) is 13.7. The highest BCUT2D eigenvalue weighted by Crippen LogP contribution is 2.25. The molecular formula is C15H23NOS. The van der Waals surface area contributed by atoms with Crippen molar-refractivity contribution in [2.24, 2.45) is 5.92 Å². The number of rotatable bonds is 5. The fourth-order valence-corrected chi connectivity index (χ4v) is 2.48. The van der Waals surface area contributed by atoms with Gasteiger partial charge in [0.25, 0.3) is 0 Å². The highest BCUT2D eigenvalue weighted by atomic mass is 32.2. The molecule has 0 radical (unpaired) electrons. The van der Waals surface area contributed by atoms with Crippen molar-refractivity contribution in [2.75, 3.05) is 6.54 Å². The summed E-state index contributed by atoms with van der Waals surface area (Å²) in [5.74, 6) is 0.611. The molecule has 0 saturated carbocycles. The van der Waals surface area contributed by atoms with E-state index in [1.807, 2.05) is 6.92 Å². The summed E-state index contributed by atoms with van der Waals surface area (Å²) in [4.78, 5) is 13.0. The fraction of sp³-hybridized carbons (Fsp3) is 0.533. The molecule has 0 bridgehead atoms. The van der Waals surface area contributed by atoms with Gasteiger partial charge in [-0.3, -0.25) is 4.79 Å². The Balaban J connectivity index is 2.55. The largest absolute Gasteiger partial charge is 0.355 e. The van der Waals surface area contributed by atoms with E-state index >= 15 is 0 Å². The van der Waals surface area contributed by atoms with Crippen molar-refractivity contribution < 1.29 is 4.79 Å². The van der Waals surface area contributed by atoms with Crippen molar-refractivity contribution in [1.82, 2.24) is 5.32 Å². The third-order valence-electron chi connectivity index (χ3n) is 2.85. The molecule has 0 aliphatic carbocycles. The number of aryl methyl sites for hydroxylation is 2. The highest BCUT2D eigenvalue weighted by molar-refractivity contribution is 8.00. The number of nitrogens with one attached hydrogen (secondary N) is 1. The van der Waals surface area contributed by atoms with E-state index in [9.17, 15) is 4.79 Å². The van der Waals surface area contributed by atoms with Gasteiger partial charge in [-0.15, -0.1) is 11.8 Å². The number of hydrogen-bond acceptors (Lipinski definition) is 2. The fourth-order valence-electron chi connectivity index (χ4n) is 1.49. The van der Waals surface area contributed by atoms with E-state index in [2.05, 4.69) is 51.2 Å². The summed E-state index contributed by atoms with van der Waals surface area (Å²) in [5.41, 5.74) is 2.56. The van der Waals surface area contributed by atoms with Crippen molar-refractivity contribution in [2.45, 2.75) is 44.8 Å². The van der Waals surface area contributed by atoms with Crippen LogP contribution in [0, 0.1) is 19.8 Å². The molecule has 1 rings (SSSR count). The van der Waals surface area contributed by atoms with Crippen molar-refractivity contribution in [3.63, 3.8) is 0 Å². The average molecular weight is 265 g/mol. The van der Waals surface area contributed by atoms with Crippen LogP contribution >= 0.6 is 11.8 Å². The van der Waals surface area contributed by atoms with Crippen LogP contribution in [-0.2, 0) is 4.79 Å². The van der Waals surface area contributed by atoms with E-state index in [0.29, 0.717) is 5.92 Å². The second-order valence-electron chi connectivity index (χ2n) is 5.15. The van der Waals surface area contributed by atoms with Gasteiger partial charge in [0.2, 0.25) is 5.91 Å². The van der Waals surface area contributed by atoms with Crippen LogP contribution in [0.15, 0.2) is 23.1 Å². The number of carbonyl (C=O) groups is 1. The second kappa shape index (κ2) is 6.83. The smallest absolute Gasteiger partial charge is 0.233 e. The standard InChI is InChI=1S/C15H23NOS/c1-10(2)9-16-15(17)13(5)18-14-7-6-11(3)12(4)8-14/h6-8,10,13H,9H2,1-5H3,(H,16,17). The molecule has 0 aliphatic rings. The van der Waals surface area contributed by atoms with Crippen LogP contribution in [0.5, 0.6) is 0 Å². The van der Waals surface area contributed by atoms with E-state index < -0.39 is 0 Å². The molecule has 18 heavy (non-hydrogen) atoms. The van der Waals surface area contributed by atoms with Gasteiger partial charge in [-0.1, -0.05) is 19.9 Å². The van der Waals surface area contributed by atoms with Gasteiger partial charge in [0.15, 0.2) is 0 Å². The van der Waals surface area contributed by atoms with Crippen molar-refractivity contribution in [1.29, 1.82) is 0 Å². The van der Waals surface area contributed by atoms with Gasteiger partial charge in [-0.05, 0) is 49.9 Å². The minimum Gasteiger partial charge on any atom is -0.355 e. The molecule has 0 saturated heterocycles. The summed E-state index contributed by atoms with van der Waals surface area (Å²) < 4.78 is 0. The lowest BCUT2D eigenvalue weighted by molar-refractivity contribution is -0.120. The van der Waals surface area contributed by atoms with Gasteiger partial charge < -0.3 is 5.32 Å². The first-order valence-corrected chi connectivity index (χ1v) is 7.29. The Morgan fingerprint density at radius 1 is 1.22 bits per heavy atom. The van der Waals surface area contributed by atoms with E-state index in [0.717, 1.165) is 11.4 Å². The third kappa shape index (κ3) is 4.73. The summed E-state index contributed by atoms with van der Waals surface area (Å²) >= 11 is 1.61. The molecule has 2 nitrogen and oxygen atoms in total. The molecule has 100 valence electrons. The third-order valence-corrected chi connectivity index (χ3v) is 3.94. The quantitative estimate of drug-likeness (QED) is 0.825. The first-order valence-electron chi connectivity index (χ1n) is 6.41. The maximum Gasteiger partial charge on any atom is 0.233 e. The molecule has 1 aromatic rings. The molecule has 0 aromatic heterocycles. The lowest BCUT2D eigenvalue weighted by Crippen LogP contribution is -2.33. The molecule has 1 amide bonds.